The fourth-order valence-electron chi connectivity index (χ4n) is 14.6. The molecule has 0 aromatic carbocycles. The topological polar surface area (TPSA) is 288 Å². The summed E-state index contributed by atoms with van der Waals surface area (Å²) in [6.07, 6.45) is -11.1. The van der Waals surface area contributed by atoms with E-state index >= 15 is 0 Å². The van der Waals surface area contributed by atoms with Crippen LogP contribution in [0.3, 0.4) is 0 Å². The highest BCUT2D eigenvalue weighted by Crippen LogP contribution is 2.70. The molecule has 0 radical (unpaired) electrons. The SMILES string of the molecule is CC(=O)O[C@H]1C[C@@H](O[C@@H]2[C@@H](O)C[C@@H](O[C@@H]3[C@@H](O)C[C@@H](O[C@H]4CC[C@]5(C)[C@@H](CC[C@H]6[C@H]5C[C@@H](O)[C@]5(C)[C@H](C7=CC(=O)OC7)CC[C@]65O)C4)O[C@@H]3C)O[C@@H]2C)O[C@H](C)[C@@H]1O[C@H]1O[C@@H](CO)[C@H](O)[C@@H](O)[C@@H]1O. The van der Waals surface area contributed by atoms with Gasteiger partial charge in [-0.1, -0.05) is 13.8 Å². The molecule has 9 aliphatic rings. The quantitative estimate of drug-likeness (QED) is 0.104. The molecule has 26 atom stereocenters. The summed E-state index contributed by atoms with van der Waals surface area (Å²) in [6, 6.07) is 0. The molecule has 0 spiro atoms. The number of carbonyl (C=O) groups excluding carboxylic acids is 2. The van der Waals surface area contributed by atoms with E-state index in [9.17, 15) is 50.4 Å². The number of hydrogen-bond donors (Lipinski definition) is 8. The van der Waals surface area contributed by atoms with Crippen LogP contribution in [0.4, 0.5) is 0 Å². The maximum absolute atomic E-state index is 12.6. The minimum Gasteiger partial charge on any atom is -0.459 e. The molecular formula is C49H76O20. The van der Waals surface area contributed by atoms with Crippen molar-refractivity contribution < 1.29 is 97.8 Å². The molecule has 0 bridgehead atoms. The van der Waals surface area contributed by atoms with Crippen LogP contribution in [-0.2, 0) is 57.0 Å². The van der Waals surface area contributed by atoms with Gasteiger partial charge in [0.15, 0.2) is 25.2 Å². The van der Waals surface area contributed by atoms with Crippen molar-refractivity contribution in [2.75, 3.05) is 13.2 Å². The van der Waals surface area contributed by atoms with Crippen LogP contribution < -0.4 is 0 Å². The largest absolute Gasteiger partial charge is 0.459 e. The highest BCUT2D eigenvalue weighted by molar-refractivity contribution is 5.85. The smallest absolute Gasteiger partial charge is 0.331 e. The van der Waals surface area contributed by atoms with Crippen molar-refractivity contribution in [1.82, 2.24) is 0 Å². The number of cyclic esters (lactones) is 1. The van der Waals surface area contributed by atoms with Gasteiger partial charge in [-0.05, 0) is 107 Å². The zero-order valence-electron chi connectivity index (χ0n) is 40.5. The lowest BCUT2D eigenvalue weighted by molar-refractivity contribution is -0.355. The molecule has 392 valence electrons. The van der Waals surface area contributed by atoms with Crippen LogP contribution in [0.15, 0.2) is 11.6 Å². The van der Waals surface area contributed by atoms with Gasteiger partial charge >= 0.3 is 11.9 Å². The number of hydrogen-bond acceptors (Lipinski definition) is 20. The molecule has 0 amide bonds. The van der Waals surface area contributed by atoms with E-state index in [0.717, 1.165) is 37.7 Å². The first-order chi connectivity index (χ1) is 32.6. The Morgan fingerprint density at radius 1 is 0.710 bits per heavy atom. The number of rotatable bonds is 11. The summed E-state index contributed by atoms with van der Waals surface area (Å²) in [5.74, 6) is -0.580. The zero-order chi connectivity index (χ0) is 49.5. The Balaban J connectivity index is 0.752. The molecule has 8 fully saturated rings. The molecule has 9 rings (SSSR count). The normalized spacial score (nSPS) is 53.3. The highest BCUT2D eigenvalue weighted by atomic mass is 16.8. The summed E-state index contributed by atoms with van der Waals surface area (Å²) < 4.78 is 60.1. The molecule has 4 saturated carbocycles. The third kappa shape index (κ3) is 9.48. The lowest BCUT2D eigenvalue weighted by atomic mass is 9.42. The van der Waals surface area contributed by atoms with Gasteiger partial charge in [0.25, 0.3) is 0 Å². The van der Waals surface area contributed by atoms with Crippen molar-refractivity contribution in [2.24, 2.45) is 34.5 Å². The van der Waals surface area contributed by atoms with E-state index in [4.69, 9.17) is 47.4 Å². The van der Waals surface area contributed by atoms with Gasteiger partial charge in [-0.15, -0.1) is 0 Å². The Kier molecular flexibility index (Phi) is 15.1. The minimum atomic E-state index is -1.69. The zero-order valence-corrected chi connectivity index (χ0v) is 40.5. The Morgan fingerprint density at radius 3 is 1.93 bits per heavy atom. The molecule has 5 heterocycles. The average molecular weight is 985 g/mol. The van der Waals surface area contributed by atoms with Crippen LogP contribution in [0.1, 0.15) is 112 Å². The second kappa shape index (κ2) is 20.0. The molecule has 0 unspecified atom stereocenters. The molecule has 4 aliphatic carbocycles. The Hall–Kier alpha value is -1.96. The number of ether oxygens (including phenoxy) is 10. The number of fused-ring (bicyclic) bond motifs is 5. The van der Waals surface area contributed by atoms with E-state index in [1.807, 2.05) is 6.92 Å². The first-order valence-corrected chi connectivity index (χ1v) is 25.3. The van der Waals surface area contributed by atoms with Gasteiger partial charge in [0.2, 0.25) is 0 Å². The van der Waals surface area contributed by atoms with Crippen LogP contribution in [0, 0.1) is 34.5 Å². The second-order valence-corrected chi connectivity index (χ2v) is 22.2. The second-order valence-electron chi connectivity index (χ2n) is 22.2. The van der Waals surface area contributed by atoms with Crippen molar-refractivity contribution >= 4 is 11.9 Å². The van der Waals surface area contributed by atoms with Crippen LogP contribution in [0.2, 0.25) is 0 Å². The van der Waals surface area contributed by atoms with Crippen molar-refractivity contribution in [3.8, 4) is 0 Å². The van der Waals surface area contributed by atoms with Crippen molar-refractivity contribution in [2.45, 2.75) is 234 Å². The molecule has 69 heavy (non-hydrogen) atoms. The molecule has 5 aliphatic heterocycles. The summed E-state index contributed by atoms with van der Waals surface area (Å²) in [6.45, 7) is 10.3. The van der Waals surface area contributed by atoms with Crippen LogP contribution >= 0.6 is 0 Å². The van der Waals surface area contributed by atoms with Gasteiger partial charge in [-0.25, -0.2) is 4.79 Å². The predicted molar refractivity (Wildman–Crippen MR) is 235 cm³/mol. The number of aliphatic hydroxyl groups is 8. The van der Waals surface area contributed by atoms with Crippen molar-refractivity contribution in [3.05, 3.63) is 11.6 Å². The van der Waals surface area contributed by atoms with Crippen LogP contribution in [-0.4, -0.2) is 188 Å². The van der Waals surface area contributed by atoms with Gasteiger partial charge in [-0.3, -0.25) is 4.79 Å². The molecule has 0 aromatic rings. The molecule has 4 saturated heterocycles. The van der Waals surface area contributed by atoms with Crippen LogP contribution in [0.5, 0.6) is 0 Å². The van der Waals surface area contributed by atoms with Crippen molar-refractivity contribution in [1.29, 1.82) is 0 Å². The summed E-state index contributed by atoms with van der Waals surface area (Å²) in [5, 5.41) is 88.1. The first kappa shape index (κ1) is 51.9. The van der Waals surface area contributed by atoms with E-state index in [1.165, 1.54) is 6.92 Å². The van der Waals surface area contributed by atoms with Gasteiger partial charge in [0.1, 0.15) is 55.4 Å². The lowest BCUT2D eigenvalue weighted by Gasteiger charge is -2.65. The van der Waals surface area contributed by atoms with Crippen molar-refractivity contribution in [3.63, 3.8) is 0 Å². The molecule has 8 N–H and O–H groups in total. The van der Waals surface area contributed by atoms with Gasteiger partial charge in [0.05, 0.1) is 54.9 Å². The molecular weight excluding hydrogens is 909 g/mol. The van der Waals surface area contributed by atoms with E-state index < -0.39 is 134 Å². The first-order valence-electron chi connectivity index (χ1n) is 25.3. The van der Waals surface area contributed by atoms with Gasteiger partial charge < -0.3 is 88.2 Å². The highest BCUT2D eigenvalue weighted by Gasteiger charge is 2.71. The number of carbonyl (C=O) groups is 2. The average Bonchev–Trinajstić information content (AvgIpc) is 3.84. The maximum atomic E-state index is 12.6. The summed E-state index contributed by atoms with van der Waals surface area (Å²) in [5.41, 5.74) is -1.01. The lowest BCUT2D eigenvalue weighted by Crippen LogP contribution is -2.67. The predicted octanol–water partition coefficient (Wildman–Crippen LogP) is 0.613. The van der Waals surface area contributed by atoms with E-state index in [2.05, 4.69) is 6.92 Å². The number of esters is 2. The Morgan fingerprint density at radius 2 is 1.33 bits per heavy atom. The monoisotopic (exact) mass is 984 g/mol. The summed E-state index contributed by atoms with van der Waals surface area (Å²) in [7, 11) is 0. The van der Waals surface area contributed by atoms with E-state index in [1.54, 1.807) is 26.8 Å². The molecule has 20 heteroatoms. The molecule has 20 nitrogen and oxygen atoms in total. The molecule has 0 aromatic heterocycles. The van der Waals surface area contributed by atoms with E-state index in [0.29, 0.717) is 25.2 Å². The fourth-order valence-corrected chi connectivity index (χ4v) is 14.6. The standard InChI is InChI=1S/C49H76O20/c1-21-43(67-38-17-32(53)44(22(2)62-38)68-39-18-33(64-24(4)51)45(23(3)63-39)69-46-42(58)41(57)40(56)34(19-50)66-46)31(52)16-37(61-21)65-27-9-11-47(5)26(14-27)7-8-29-30(47)15-35(54)48(6)28(10-12-49(29,48)59)25-13-36(55)60-20-25/h13,21-23,26-35,37-46,50,52-54,56-59H,7-12,14-20H2,1-6H3/t21-,22-,23-,26+,27+,28+,29+,30-,31+,32+,33+,34+,35-,37-,38-,39-,40+,41-,42+,43+,44+,45+,46-,47-,48+,49+/m1/s1. The van der Waals surface area contributed by atoms with E-state index in [-0.39, 0.29) is 61.1 Å². The number of aliphatic hydroxyl groups excluding tert-OH is 7. The van der Waals surface area contributed by atoms with Gasteiger partial charge in [-0.2, -0.15) is 0 Å². The Labute approximate surface area is 402 Å². The third-order valence-corrected chi connectivity index (χ3v) is 18.4. The Bertz CT molecular complexity index is 1850. The third-order valence-electron chi connectivity index (χ3n) is 18.4. The fraction of sp³-hybridized carbons (Fsp3) is 0.918. The maximum Gasteiger partial charge on any atom is 0.331 e. The summed E-state index contributed by atoms with van der Waals surface area (Å²) in [4.78, 5) is 24.2. The van der Waals surface area contributed by atoms with Crippen LogP contribution in [0.25, 0.3) is 0 Å². The van der Waals surface area contributed by atoms with Gasteiger partial charge in [0, 0.05) is 37.7 Å². The minimum absolute atomic E-state index is 0.00421. The summed E-state index contributed by atoms with van der Waals surface area (Å²) >= 11 is 0.